The number of carbonyl (C=O) groups is 1. The molecule has 4 aromatic rings. The average Bonchev–Trinajstić information content (AvgIpc) is 3.28. The molecule has 0 saturated heterocycles. The summed E-state index contributed by atoms with van der Waals surface area (Å²) in [7, 11) is 0. The topological polar surface area (TPSA) is 123 Å². The van der Waals surface area contributed by atoms with Crippen molar-refractivity contribution < 1.29 is 14.5 Å². The number of ether oxygens (including phenoxy) is 1. The lowest BCUT2D eigenvalue weighted by molar-refractivity contribution is -0.384. The smallest absolute Gasteiger partial charge is 0.278 e. The minimum absolute atomic E-state index is 0.0269. The van der Waals surface area contributed by atoms with Crippen LogP contribution in [0.15, 0.2) is 77.9 Å². The summed E-state index contributed by atoms with van der Waals surface area (Å²) in [5.74, 6) is -0.220. The van der Waals surface area contributed by atoms with Crippen molar-refractivity contribution in [2.45, 2.75) is 6.92 Å². The third-order valence-electron chi connectivity index (χ3n) is 5.05. The number of nitrogens with one attached hydrogen (secondary N) is 2. The van der Waals surface area contributed by atoms with Crippen LogP contribution < -0.4 is 10.2 Å². The second-order valence-electron chi connectivity index (χ2n) is 7.58. The molecule has 9 nitrogen and oxygen atoms in total. The molecular formula is C25H20ClN5O4. The van der Waals surface area contributed by atoms with Gasteiger partial charge in [0.25, 0.3) is 11.6 Å². The van der Waals surface area contributed by atoms with E-state index in [1.807, 2.05) is 43.3 Å². The molecule has 3 aromatic carbocycles. The molecule has 0 aliphatic rings. The van der Waals surface area contributed by atoms with Crippen molar-refractivity contribution in [3.8, 4) is 28.3 Å². The summed E-state index contributed by atoms with van der Waals surface area (Å²) in [5.41, 5.74) is 7.24. The number of hydrazone groups is 1. The zero-order valence-corrected chi connectivity index (χ0v) is 19.3. The van der Waals surface area contributed by atoms with E-state index >= 15 is 0 Å². The molecule has 176 valence electrons. The normalized spacial score (nSPS) is 10.9. The molecule has 0 saturated carbocycles. The molecule has 1 amide bonds. The monoisotopic (exact) mass is 489 g/mol. The predicted octanol–water partition coefficient (Wildman–Crippen LogP) is 5.14. The average molecular weight is 490 g/mol. The molecule has 0 aliphatic carbocycles. The van der Waals surface area contributed by atoms with Crippen molar-refractivity contribution in [3.63, 3.8) is 0 Å². The van der Waals surface area contributed by atoms with Crippen LogP contribution in [0.5, 0.6) is 5.88 Å². The second kappa shape index (κ2) is 10.6. The third-order valence-corrected chi connectivity index (χ3v) is 5.30. The Balaban J connectivity index is 1.47. The number of hydrogen-bond acceptors (Lipinski definition) is 6. The number of carbonyl (C=O) groups excluding carboxylic acids is 1. The Bertz CT molecular complexity index is 1360. The lowest BCUT2D eigenvalue weighted by atomic mass is 10.0. The third kappa shape index (κ3) is 5.90. The first-order valence-corrected chi connectivity index (χ1v) is 10.9. The highest BCUT2D eigenvalue weighted by molar-refractivity contribution is 6.30. The Morgan fingerprint density at radius 2 is 1.74 bits per heavy atom. The van der Waals surface area contributed by atoms with Gasteiger partial charge in [-0.3, -0.25) is 20.0 Å². The summed E-state index contributed by atoms with van der Waals surface area (Å²) in [4.78, 5) is 22.5. The van der Waals surface area contributed by atoms with Crippen molar-refractivity contribution in [1.82, 2.24) is 15.6 Å². The molecule has 10 heteroatoms. The number of benzene rings is 3. The number of H-pyrrole nitrogens is 1. The van der Waals surface area contributed by atoms with E-state index in [1.165, 1.54) is 30.5 Å². The zero-order chi connectivity index (χ0) is 24.8. The molecule has 1 heterocycles. The second-order valence-corrected chi connectivity index (χ2v) is 8.02. The number of halogens is 1. The fraction of sp³-hybridized carbons (Fsp3) is 0.0800. The Labute approximate surface area is 205 Å². The van der Waals surface area contributed by atoms with Crippen molar-refractivity contribution in [1.29, 1.82) is 0 Å². The van der Waals surface area contributed by atoms with Gasteiger partial charge in [-0.15, -0.1) is 5.10 Å². The van der Waals surface area contributed by atoms with Gasteiger partial charge < -0.3 is 4.74 Å². The van der Waals surface area contributed by atoms with Gasteiger partial charge in [-0.25, -0.2) is 5.43 Å². The van der Waals surface area contributed by atoms with Crippen LogP contribution in [0.2, 0.25) is 5.02 Å². The summed E-state index contributed by atoms with van der Waals surface area (Å²) < 4.78 is 5.73. The first-order chi connectivity index (χ1) is 16.9. The van der Waals surface area contributed by atoms with Gasteiger partial charge in [0.2, 0.25) is 5.88 Å². The van der Waals surface area contributed by atoms with Crippen LogP contribution in [0.1, 0.15) is 11.1 Å². The highest BCUT2D eigenvalue weighted by Gasteiger charge is 2.19. The van der Waals surface area contributed by atoms with E-state index in [-0.39, 0.29) is 18.2 Å². The first kappa shape index (κ1) is 23.7. The number of nitrogens with zero attached hydrogens (tertiary/aromatic N) is 3. The SMILES string of the molecule is Cc1ccc(-c2c(OCC(=O)N/N=C/c3ccc([N+](=O)[O-])cc3)n[nH]c2-c2ccc(Cl)cc2)cc1. The fourth-order valence-corrected chi connectivity index (χ4v) is 3.40. The Hall–Kier alpha value is -4.50. The number of nitro groups is 1. The van der Waals surface area contributed by atoms with Gasteiger partial charge >= 0.3 is 0 Å². The maximum Gasteiger partial charge on any atom is 0.278 e. The lowest BCUT2D eigenvalue weighted by Gasteiger charge is -2.08. The Kier molecular flexibility index (Phi) is 7.18. The highest BCUT2D eigenvalue weighted by atomic mass is 35.5. The summed E-state index contributed by atoms with van der Waals surface area (Å²) in [6.07, 6.45) is 1.38. The van der Waals surface area contributed by atoms with Gasteiger partial charge in [-0.2, -0.15) is 5.10 Å². The van der Waals surface area contributed by atoms with Gasteiger partial charge in [0.1, 0.15) is 0 Å². The van der Waals surface area contributed by atoms with Gasteiger partial charge in [-0.05, 0) is 42.3 Å². The number of non-ortho nitro benzene ring substituents is 1. The van der Waals surface area contributed by atoms with Crippen molar-refractivity contribution in [2.75, 3.05) is 6.61 Å². The maximum absolute atomic E-state index is 12.3. The van der Waals surface area contributed by atoms with Gasteiger partial charge in [0.15, 0.2) is 6.61 Å². The number of hydrogen-bond donors (Lipinski definition) is 2. The molecule has 0 spiro atoms. The molecule has 0 bridgehead atoms. The van der Waals surface area contributed by atoms with E-state index in [2.05, 4.69) is 20.7 Å². The zero-order valence-electron chi connectivity index (χ0n) is 18.6. The highest BCUT2D eigenvalue weighted by Crippen LogP contribution is 2.37. The van der Waals surface area contributed by atoms with E-state index in [9.17, 15) is 14.9 Å². The molecule has 0 aliphatic heterocycles. The largest absolute Gasteiger partial charge is 0.466 e. The molecule has 35 heavy (non-hydrogen) atoms. The predicted molar refractivity (Wildman–Crippen MR) is 134 cm³/mol. The Morgan fingerprint density at radius 1 is 1.09 bits per heavy atom. The van der Waals surface area contributed by atoms with Crippen LogP contribution in [-0.4, -0.2) is 33.8 Å². The van der Waals surface area contributed by atoms with E-state index in [1.54, 1.807) is 12.1 Å². The standard InChI is InChI=1S/C25H20ClN5O4/c1-16-2-6-18(7-3-16)23-24(19-8-10-20(26)11-9-19)29-30-25(23)35-15-22(32)28-27-14-17-4-12-21(13-5-17)31(33)34/h2-14H,15H2,1H3,(H,28,32)(H,29,30)/b27-14+. The van der Waals surface area contributed by atoms with E-state index in [0.29, 0.717) is 10.6 Å². The molecular weight excluding hydrogens is 470 g/mol. The van der Waals surface area contributed by atoms with Crippen LogP contribution in [0.25, 0.3) is 22.4 Å². The Morgan fingerprint density at radius 3 is 2.40 bits per heavy atom. The van der Waals surface area contributed by atoms with E-state index in [0.717, 1.165) is 27.9 Å². The molecule has 4 rings (SSSR count). The lowest BCUT2D eigenvalue weighted by Crippen LogP contribution is -2.24. The summed E-state index contributed by atoms with van der Waals surface area (Å²) in [6, 6.07) is 21.0. The van der Waals surface area contributed by atoms with Gasteiger partial charge in [0.05, 0.1) is 22.4 Å². The summed E-state index contributed by atoms with van der Waals surface area (Å²) in [5, 5.41) is 22.5. The summed E-state index contributed by atoms with van der Waals surface area (Å²) in [6.45, 7) is 1.68. The minimum atomic E-state index is -0.492. The van der Waals surface area contributed by atoms with Gasteiger partial charge in [0, 0.05) is 22.7 Å². The number of aryl methyl sites for hydroxylation is 1. The van der Waals surface area contributed by atoms with Crippen LogP contribution >= 0.6 is 11.6 Å². The maximum atomic E-state index is 12.3. The van der Waals surface area contributed by atoms with Crippen LogP contribution in [-0.2, 0) is 4.79 Å². The van der Waals surface area contributed by atoms with Crippen LogP contribution in [0, 0.1) is 17.0 Å². The molecule has 0 radical (unpaired) electrons. The van der Waals surface area contributed by atoms with E-state index in [4.69, 9.17) is 16.3 Å². The quantitative estimate of drug-likeness (QED) is 0.201. The number of rotatable bonds is 8. The van der Waals surface area contributed by atoms with Crippen molar-refractivity contribution in [2.24, 2.45) is 5.10 Å². The number of amides is 1. The molecule has 2 N–H and O–H groups in total. The molecule has 0 unspecified atom stereocenters. The molecule has 0 atom stereocenters. The van der Waals surface area contributed by atoms with Crippen molar-refractivity contribution in [3.05, 3.63) is 99.1 Å². The van der Waals surface area contributed by atoms with E-state index < -0.39 is 10.8 Å². The molecule has 0 fully saturated rings. The number of aromatic nitrogens is 2. The van der Waals surface area contributed by atoms with Crippen LogP contribution in [0.3, 0.4) is 0 Å². The first-order valence-electron chi connectivity index (χ1n) is 10.5. The minimum Gasteiger partial charge on any atom is -0.466 e. The van der Waals surface area contributed by atoms with Crippen LogP contribution in [0.4, 0.5) is 5.69 Å². The summed E-state index contributed by atoms with van der Waals surface area (Å²) >= 11 is 6.03. The number of aromatic amines is 1. The van der Waals surface area contributed by atoms with Crippen molar-refractivity contribution >= 4 is 29.4 Å². The molecule has 1 aromatic heterocycles. The fourth-order valence-electron chi connectivity index (χ4n) is 3.27. The number of nitro benzene ring substituents is 1. The van der Waals surface area contributed by atoms with Gasteiger partial charge in [-0.1, -0.05) is 53.6 Å².